The molecule has 1 aliphatic rings. The normalized spacial score (nSPS) is 18.1. The predicted molar refractivity (Wildman–Crippen MR) is 172 cm³/mol. The number of piperidine rings is 1. The van der Waals surface area contributed by atoms with Crippen LogP contribution in [-0.2, 0) is 28.2 Å². The maximum absolute atomic E-state index is 11.4. The topological polar surface area (TPSA) is 56.1 Å². The van der Waals surface area contributed by atoms with E-state index in [0.29, 0.717) is 24.1 Å². The van der Waals surface area contributed by atoms with Crippen LogP contribution < -0.4 is 0 Å². The molecule has 1 fully saturated rings. The average Bonchev–Trinajstić information content (AvgIpc) is 2.79. The number of rotatable bonds is 5. The van der Waals surface area contributed by atoms with Crippen LogP contribution >= 0.6 is 0 Å². The fourth-order valence-electron chi connectivity index (χ4n) is 5.55. The van der Waals surface area contributed by atoms with Crippen LogP contribution in [0.3, 0.4) is 0 Å². The molecule has 1 unspecified atom stereocenters. The molecule has 0 aliphatic carbocycles. The molecule has 0 saturated carbocycles. The number of aliphatic imine (C=N–C) groups is 1. The molecule has 0 bridgehead atoms. The zero-order chi connectivity index (χ0) is 30.3. The Kier molecular flexibility index (Phi) is 9.26. The number of likely N-dealkylation sites (tertiary alicyclic amines) is 1. The Bertz CT molecular complexity index is 1210. The standard InChI is InChI=1S/C36H56N2O2/c1-33(2,3)26-17-24(31(39)29(19-26)35(7,8)9)21-37-22-28-15-13-14-16-38(28)23-25-18-27(34(4,5)6)20-30(32(25)40)36(10,11)12/h17-21,28,39-40H,13-16,22-23H2,1-12H3. The molecule has 222 valence electrons. The van der Waals surface area contributed by atoms with Gasteiger partial charge >= 0.3 is 0 Å². The van der Waals surface area contributed by atoms with Gasteiger partial charge in [-0.05, 0) is 63.8 Å². The Morgan fingerprint density at radius 2 is 1.25 bits per heavy atom. The zero-order valence-electron chi connectivity index (χ0n) is 27.5. The molecule has 4 nitrogen and oxygen atoms in total. The van der Waals surface area contributed by atoms with Crippen LogP contribution in [0.2, 0.25) is 0 Å². The Labute approximate surface area is 244 Å². The molecule has 4 heteroatoms. The molecule has 2 aromatic rings. The third kappa shape index (κ3) is 7.69. The molecule has 0 aromatic heterocycles. The molecule has 40 heavy (non-hydrogen) atoms. The Hall–Kier alpha value is -2.33. The monoisotopic (exact) mass is 548 g/mol. The van der Waals surface area contributed by atoms with Gasteiger partial charge in [0.25, 0.3) is 0 Å². The molecule has 0 radical (unpaired) electrons. The summed E-state index contributed by atoms with van der Waals surface area (Å²) in [6, 6.07) is 8.96. The summed E-state index contributed by atoms with van der Waals surface area (Å²) in [6.45, 7) is 28.7. The van der Waals surface area contributed by atoms with Gasteiger partial charge in [0.2, 0.25) is 0 Å². The second-order valence-electron chi connectivity index (χ2n) is 16.1. The fraction of sp³-hybridized carbons (Fsp3) is 0.639. The number of hydrogen-bond donors (Lipinski definition) is 2. The van der Waals surface area contributed by atoms with Crippen molar-refractivity contribution in [2.75, 3.05) is 13.1 Å². The van der Waals surface area contributed by atoms with Gasteiger partial charge in [-0.25, -0.2) is 0 Å². The van der Waals surface area contributed by atoms with E-state index in [1.165, 1.54) is 17.5 Å². The van der Waals surface area contributed by atoms with Gasteiger partial charge < -0.3 is 10.2 Å². The Balaban J connectivity index is 1.91. The molecule has 2 aromatic carbocycles. The lowest BCUT2D eigenvalue weighted by atomic mass is 9.78. The number of nitrogens with zero attached hydrogens (tertiary/aromatic N) is 2. The van der Waals surface area contributed by atoms with E-state index in [9.17, 15) is 10.2 Å². The minimum atomic E-state index is -0.163. The minimum Gasteiger partial charge on any atom is -0.507 e. The highest BCUT2D eigenvalue weighted by Gasteiger charge is 2.29. The molecule has 1 heterocycles. The van der Waals surface area contributed by atoms with E-state index in [2.05, 4.69) is 112 Å². The van der Waals surface area contributed by atoms with Crippen LogP contribution in [0.15, 0.2) is 29.3 Å². The summed E-state index contributed by atoms with van der Waals surface area (Å²) in [5.41, 5.74) is 5.94. The van der Waals surface area contributed by atoms with Crippen LogP contribution in [0, 0.1) is 0 Å². The van der Waals surface area contributed by atoms with E-state index < -0.39 is 0 Å². The third-order valence-corrected chi connectivity index (χ3v) is 8.35. The second kappa shape index (κ2) is 11.5. The zero-order valence-corrected chi connectivity index (χ0v) is 27.5. The summed E-state index contributed by atoms with van der Waals surface area (Å²) < 4.78 is 0. The smallest absolute Gasteiger partial charge is 0.128 e. The second-order valence-corrected chi connectivity index (χ2v) is 16.1. The van der Waals surface area contributed by atoms with Crippen molar-refractivity contribution in [2.45, 2.75) is 137 Å². The lowest BCUT2D eigenvalue weighted by molar-refractivity contribution is 0.144. The van der Waals surface area contributed by atoms with E-state index >= 15 is 0 Å². The molecule has 3 rings (SSSR count). The van der Waals surface area contributed by atoms with Crippen LogP contribution in [0.4, 0.5) is 0 Å². The van der Waals surface area contributed by atoms with E-state index in [0.717, 1.165) is 48.2 Å². The van der Waals surface area contributed by atoms with Crippen molar-refractivity contribution in [1.29, 1.82) is 0 Å². The minimum absolute atomic E-state index is 0.00352. The molecule has 1 saturated heterocycles. The first-order valence-corrected chi connectivity index (χ1v) is 15.2. The van der Waals surface area contributed by atoms with Gasteiger partial charge in [0.1, 0.15) is 11.5 Å². The summed E-state index contributed by atoms with van der Waals surface area (Å²) in [7, 11) is 0. The highest BCUT2D eigenvalue weighted by atomic mass is 16.3. The summed E-state index contributed by atoms with van der Waals surface area (Å²) in [6.07, 6.45) is 5.32. The maximum Gasteiger partial charge on any atom is 0.128 e. The number of hydrogen-bond acceptors (Lipinski definition) is 4. The molecule has 1 aliphatic heterocycles. The van der Waals surface area contributed by atoms with Crippen molar-refractivity contribution in [2.24, 2.45) is 4.99 Å². The quantitative estimate of drug-likeness (QED) is 0.367. The summed E-state index contributed by atoms with van der Waals surface area (Å²) in [5.74, 6) is 0.773. The first kappa shape index (κ1) is 32.2. The maximum atomic E-state index is 11.4. The van der Waals surface area contributed by atoms with Crippen molar-refractivity contribution in [3.63, 3.8) is 0 Å². The van der Waals surface area contributed by atoms with E-state index in [-0.39, 0.29) is 21.7 Å². The van der Waals surface area contributed by atoms with E-state index in [1.807, 2.05) is 6.21 Å². The van der Waals surface area contributed by atoms with Gasteiger partial charge in [0.05, 0.1) is 6.54 Å². The Morgan fingerprint density at radius 3 is 1.77 bits per heavy atom. The van der Waals surface area contributed by atoms with Gasteiger partial charge in [0, 0.05) is 35.5 Å². The van der Waals surface area contributed by atoms with E-state index in [1.54, 1.807) is 0 Å². The van der Waals surface area contributed by atoms with Gasteiger partial charge in [-0.1, -0.05) is 108 Å². The first-order chi connectivity index (χ1) is 18.2. The summed E-state index contributed by atoms with van der Waals surface area (Å²) >= 11 is 0. The molecule has 1 atom stereocenters. The van der Waals surface area contributed by atoms with Crippen molar-refractivity contribution < 1.29 is 10.2 Å². The number of phenols is 2. The Morgan fingerprint density at radius 1 is 0.725 bits per heavy atom. The van der Waals surface area contributed by atoms with Gasteiger partial charge in [-0.15, -0.1) is 0 Å². The summed E-state index contributed by atoms with van der Waals surface area (Å²) in [5, 5.41) is 22.6. The highest BCUT2D eigenvalue weighted by molar-refractivity contribution is 5.85. The van der Waals surface area contributed by atoms with Crippen molar-refractivity contribution in [3.05, 3.63) is 57.6 Å². The fourth-order valence-corrected chi connectivity index (χ4v) is 5.55. The van der Waals surface area contributed by atoms with Crippen molar-refractivity contribution in [1.82, 2.24) is 4.90 Å². The van der Waals surface area contributed by atoms with Gasteiger partial charge in [0.15, 0.2) is 0 Å². The predicted octanol–water partition coefficient (Wildman–Crippen LogP) is 8.76. The third-order valence-electron chi connectivity index (χ3n) is 8.35. The summed E-state index contributed by atoms with van der Waals surface area (Å²) in [4.78, 5) is 7.41. The highest BCUT2D eigenvalue weighted by Crippen LogP contribution is 2.39. The molecule has 0 amide bonds. The lowest BCUT2D eigenvalue weighted by Crippen LogP contribution is -2.41. The first-order valence-electron chi connectivity index (χ1n) is 15.2. The largest absolute Gasteiger partial charge is 0.507 e. The molecule has 2 N–H and O–H groups in total. The molecular formula is C36H56N2O2. The lowest BCUT2D eigenvalue weighted by Gasteiger charge is -2.36. The SMILES string of the molecule is CC(C)(C)c1cc(C=NCC2CCCCN2Cc2cc(C(C)(C)C)cc(C(C)(C)C)c2O)c(O)c(C(C)(C)C)c1. The van der Waals surface area contributed by atoms with Crippen molar-refractivity contribution in [3.8, 4) is 11.5 Å². The number of benzene rings is 2. The van der Waals surface area contributed by atoms with Crippen LogP contribution in [0.5, 0.6) is 11.5 Å². The van der Waals surface area contributed by atoms with Crippen LogP contribution in [-0.4, -0.2) is 40.5 Å². The molecule has 0 spiro atoms. The van der Waals surface area contributed by atoms with Crippen molar-refractivity contribution >= 4 is 6.21 Å². The molecular weight excluding hydrogens is 492 g/mol. The van der Waals surface area contributed by atoms with Crippen LogP contribution in [0.1, 0.15) is 136 Å². The van der Waals surface area contributed by atoms with E-state index in [4.69, 9.17) is 4.99 Å². The van der Waals surface area contributed by atoms with Crippen LogP contribution in [0.25, 0.3) is 0 Å². The van der Waals surface area contributed by atoms with Gasteiger partial charge in [-0.3, -0.25) is 9.89 Å². The number of phenolic OH excluding ortho intramolecular Hbond substituents is 2. The average molecular weight is 549 g/mol. The van der Waals surface area contributed by atoms with Gasteiger partial charge in [-0.2, -0.15) is 0 Å². The number of aromatic hydroxyl groups is 2.